The van der Waals surface area contributed by atoms with E-state index in [0.717, 1.165) is 24.8 Å². The smallest absolute Gasteiger partial charge is 0.311 e. The average Bonchev–Trinajstić information content (AvgIpc) is 3.46. The van der Waals surface area contributed by atoms with Crippen LogP contribution in [0.15, 0.2) is 43.0 Å². The van der Waals surface area contributed by atoms with Crippen LogP contribution in [0.1, 0.15) is 52.0 Å². The molecule has 1 spiro atoms. The molecule has 1 N–H and O–H groups in total. The number of esters is 1. The molecule has 0 aromatic heterocycles. The van der Waals surface area contributed by atoms with E-state index in [9.17, 15) is 19.5 Å². The lowest BCUT2D eigenvalue weighted by molar-refractivity contribution is -0.155. The molecule has 3 heterocycles. The molecule has 3 fully saturated rings. The Hall–Kier alpha value is -2.32. The number of hydrogen-bond donors (Lipinski definition) is 1. The Balaban J connectivity index is 1.79. The van der Waals surface area contributed by atoms with Crippen LogP contribution in [0.2, 0.25) is 0 Å². The molecule has 3 aliphatic rings. The summed E-state index contributed by atoms with van der Waals surface area (Å²) in [7, 11) is 0. The van der Waals surface area contributed by atoms with Gasteiger partial charge in [0.05, 0.1) is 35.8 Å². The summed E-state index contributed by atoms with van der Waals surface area (Å²) >= 11 is 1.63. The summed E-state index contributed by atoms with van der Waals surface area (Å²) < 4.78 is 4.28. The Labute approximate surface area is 224 Å². The highest BCUT2D eigenvalue weighted by Crippen LogP contribution is 2.71. The van der Waals surface area contributed by atoms with Gasteiger partial charge in [0.2, 0.25) is 11.8 Å². The number of likely N-dealkylation sites (tertiary alicyclic amines) is 1. The maximum Gasteiger partial charge on any atom is 0.311 e. The number of benzene rings is 1. The molecule has 6 atom stereocenters. The maximum atomic E-state index is 14.4. The number of nitrogens with zero attached hydrogens (tertiary/aromatic N) is 2. The normalized spacial score (nSPS) is 30.8. The minimum Gasteiger partial charge on any atom is -0.466 e. The minimum absolute atomic E-state index is 0.114. The summed E-state index contributed by atoms with van der Waals surface area (Å²) in [6, 6.07) is 8.38. The third-order valence-corrected chi connectivity index (χ3v) is 10.3. The van der Waals surface area contributed by atoms with Crippen LogP contribution in [-0.4, -0.2) is 80.6 Å². The van der Waals surface area contributed by atoms with Crippen molar-refractivity contribution in [2.75, 3.05) is 26.3 Å². The third-order valence-electron chi connectivity index (χ3n) is 8.35. The van der Waals surface area contributed by atoms with Gasteiger partial charge in [0, 0.05) is 17.8 Å². The predicted molar refractivity (Wildman–Crippen MR) is 145 cm³/mol. The molecule has 1 aromatic carbocycles. The summed E-state index contributed by atoms with van der Waals surface area (Å²) in [6.07, 6.45) is 5.35. The van der Waals surface area contributed by atoms with Gasteiger partial charge in [0.1, 0.15) is 6.04 Å². The molecule has 3 aliphatic heterocycles. The molecular weight excluding hydrogens is 488 g/mol. The maximum absolute atomic E-state index is 14.4. The monoisotopic (exact) mass is 528 g/mol. The van der Waals surface area contributed by atoms with Crippen molar-refractivity contribution in [3.63, 3.8) is 0 Å². The zero-order chi connectivity index (χ0) is 26.8. The van der Waals surface area contributed by atoms with E-state index in [1.807, 2.05) is 37.3 Å². The van der Waals surface area contributed by atoms with Crippen molar-refractivity contribution < 1.29 is 24.2 Å². The van der Waals surface area contributed by atoms with Crippen molar-refractivity contribution in [3.05, 3.63) is 48.6 Å². The number of hydrogen-bond acceptors (Lipinski definition) is 6. The van der Waals surface area contributed by atoms with Gasteiger partial charge in [-0.2, -0.15) is 0 Å². The van der Waals surface area contributed by atoms with Crippen LogP contribution in [0.5, 0.6) is 0 Å². The highest BCUT2D eigenvalue weighted by Gasteiger charge is 2.78. The van der Waals surface area contributed by atoms with Gasteiger partial charge in [0.15, 0.2) is 0 Å². The third kappa shape index (κ3) is 4.71. The van der Waals surface area contributed by atoms with E-state index in [1.165, 1.54) is 0 Å². The van der Waals surface area contributed by atoms with E-state index in [-0.39, 0.29) is 31.0 Å². The van der Waals surface area contributed by atoms with Crippen LogP contribution in [0.25, 0.3) is 0 Å². The summed E-state index contributed by atoms with van der Waals surface area (Å²) in [5.74, 6) is -1.94. The van der Waals surface area contributed by atoms with E-state index in [4.69, 9.17) is 4.74 Å². The van der Waals surface area contributed by atoms with E-state index >= 15 is 0 Å². The molecule has 2 unspecified atom stereocenters. The highest BCUT2D eigenvalue weighted by molar-refractivity contribution is 8.02. The first kappa shape index (κ1) is 27.7. The predicted octanol–water partition coefficient (Wildman–Crippen LogP) is 3.45. The van der Waals surface area contributed by atoms with Crippen molar-refractivity contribution in [2.24, 2.45) is 11.8 Å². The molecule has 2 bridgehead atoms. The Kier molecular flexibility index (Phi) is 8.38. The lowest BCUT2D eigenvalue weighted by Crippen LogP contribution is -2.58. The quantitative estimate of drug-likeness (QED) is 0.330. The Morgan fingerprint density at radius 1 is 1.30 bits per heavy atom. The van der Waals surface area contributed by atoms with Crippen molar-refractivity contribution in [3.8, 4) is 0 Å². The van der Waals surface area contributed by atoms with E-state index < -0.39 is 33.4 Å². The Bertz CT molecular complexity index is 1020. The molecule has 0 radical (unpaired) electrons. The number of amides is 2. The van der Waals surface area contributed by atoms with E-state index in [2.05, 4.69) is 13.5 Å². The fourth-order valence-corrected chi connectivity index (χ4v) is 9.06. The summed E-state index contributed by atoms with van der Waals surface area (Å²) in [5, 5.41) is 10.6. The van der Waals surface area contributed by atoms with Gasteiger partial charge in [-0.15, -0.1) is 18.3 Å². The van der Waals surface area contributed by atoms with Crippen molar-refractivity contribution in [1.82, 2.24) is 9.80 Å². The number of aliphatic hydroxyl groups excluding tert-OH is 1. The highest BCUT2D eigenvalue weighted by atomic mass is 32.2. The zero-order valence-electron chi connectivity index (χ0n) is 22.2. The van der Waals surface area contributed by atoms with Crippen LogP contribution in [0.4, 0.5) is 0 Å². The second-order valence-corrected chi connectivity index (χ2v) is 12.6. The molecule has 3 saturated heterocycles. The summed E-state index contributed by atoms with van der Waals surface area (Å²) in [6.45, 7) is 10.7. The number of rotatable bonds is 12. The summed E-state index contributed by atoms with van der Waals surface area (Å²) in [4.78, 5) is 45.4. The lowest BCUT2D eigenvalue weighted by atomic mass is 9.66. The number of aliphatic hydroxyl groups is 1. The second kappa shape index (κ2) is 11.2. The first-order valence-electron chi connectivity index (χ1n) is 13.5. The molecule has 2 amide bonds. The van der Waals surface area contributed by atoms with Gasteiger partial charge < -0.3 is 19.6 Å². The van der Waals surface area contributed by atoms with Gasteiger partial charge in [0.25, 0.3) is 0 Å². The average molecular weight is 529 g/mol. The molecule has 4 rings (SSSR count). The number of ether oxygens (including phenoxy) is 1. The van der Waals surface area contributed by atoms with Crippen molar-refractivity contribution in [2.45, 2.75) is 74.5 Å². The van der Waals surface area contributed by atoms with Gasteiger partial charge in [-0.3, -0.25) is 14.4 Å². The van der Waals surface area contributed by atoms with Crippen molar-refractivity contribution in [1.29, 1.82) is 0 Å². The minimum atomic E-state index is -0.756. The molecule has 202 valence electrons. The van der Waals surface area contributed by atoms with Gasteiger partial charge in [-0.25, -0.2) is 0 Å². The van der Waals surface area contributed by atoms with E-state index in [1.54, 1.807) is 34.6 Å². The van der Waals surface area contributed by atoms with Gasteiger partial charge in [-0.05, 0) is 45.1 Å². The molecular formula is C29H40N2O5S. The second-order valence-electron chi connectivity index (χ2n) is 10.7. The first-order chi connectivity index (χ1) is 17.8. The molecule has 0 aliphatic carbocycles. The lowest BCUT2D eigenvalue weighted by Gasteiger charge is -2.39. The van der Waals surface area contributed by atoms with Gasteiger partial charge in [-0.1, -0.05) is 49.8 Å². The van der Waals surface area contributed by atoms with Crippen LogP contribution in [0.3, 0.4) is 0 Å². The van der Waals surface area contributed by atoms with E-state index in [0.29, 0.717) is 25.9 Å². The topological polar surface area (TPSA) is 87.2 Å². The fourth-order valence-electron chi connectivity index (χ4n) is 6.73. The first-order valence-corrected chi connectivity index (χ1v) is 14.3. The number of carbonyl (C=O) groups excluding carboxylic acids is 3. The molecule has 0 saturated carbocycles. The van der Waals surface area contributed by atoms with Crippen LogP contribution >= 0.6 is 11.8 Å². The standard InChI is InChI=1S/C29H40N2O5S/c1-5-8-17-30(16-6-2)26(34)24-29-15-14-28(4,37-29)23(27(35)36-7-3)22(29)25(33)31(24)21(19-32)18-20-12-10-9-11-13-20/h6,9-13,21-24,32H,2,5,7-8,14-19H2,1,3-4H3/t21-,22+,23+,24?,28-,29?/m1/s1. The fraction of sp³-hybridized carbons (Fsp3) is 0.621. The largest absolute Gasteiger partial charge is 0.466 e. The number of unbranched alkanes of at least 4 members (excludes halogenated alkanes) is 1. The molecule has 1 aromatic rings. The van der Waals surface area contributed by atoms with Gasteiger partial charge >= 0.3 is 5.97 Å². The SMILES string of the molecule is C=CCN(CCCC)C(=O)C1N([C@@H](CO)Cc2ccccc2)C(=O)[C@@H]2[C@@H](C(=O)OCC)[C@@]3(C)CCC12S3. The molecule has 8 heteroatoms. The summed E-state index contributed by atoms with van der Waals surface area (Å²) in [5.41, 5.74) is 0.981. The zero-order valence-corrected chi connectivity index (χ0v) is 23.0. The Morgan fingerprint density at radius 2 is 2.03 bits per heavy atom. The number of fused-ring (bicyclic) bond motifs is 1. The molecule has 7 nitrogen and oxygen atoms in total. The number of thioether (sulfide) groups is 1. The Morgan fingerprint density at radius 3 is 2.65 bits per heavy atom. The van der Waals surface area contributed by atoms with Crippen LogP contribution in [-0.2, 0) is 25.5 Å². The van der Waals surface area contributed by atoms with Crippen LogP contribution in [0, 0.1) is 11.8 Å². The number of carbonyl (C=O) groups is 3. The van der Waals surface area contributed by atoms with Crippen LogP contribution < -0.4 is 0 Å². The van der Waals surface area contributed by atoms with Crippen molar-refractivity contribution >= 4 is 29.5 Å². The molecule has 37 heavy (non-hydrogen) atoms.